The molecule has 19 heavy (non-hydrogen) atoms. The van der Waals surface area contributed by atoms with Gasteiger partial charge in [-0.1, -0.05) is 23.8 Å². The van der Waals surface area contributed by atoms with Crippen molar-refractivity contribution in [2.75, 3.05) is 5.73 Å². The normalized spacial score (nSPS) is 11.1. The van der Waals surface area contributed by atoms with E-state index < -0.39 is 0 Å². The van der Waals surface area contributed by atoms with Crippen molar-refractivity contribution >= 4 is 27.1 Å². The number of halogens is 1. The maximum atomic E-state index is 5.88. The molecule has 0 aliphatic rings. The molecule has 0 aliphatic carbocycles. The molecule has 2 aromatic heterocycles. The number of aromatic nitrogens is 2. The van der Waals surface area contributed by atoms with E-state index in [9.17, 15) is 0 Å². The lowest BCUT2D eigenvalue weighted by Gasteiger charge is -2.06. The second kappa shape index (κ2) is 4.38. The second-order valence-electron chi connectivity index (χ2n) is 4.76. The molecule has 2 N–H and O–H groups in total. The molecule has 0 atom stereocenters. The van der Waals surface area contributed by atoms with Crippen molar-refractivity contribution in [3.63, 3.8) is 0 Å². The fourth-order valence-corrected chi connectivity index (χ4v) is 2.81. The summed E-state index contributed by atoms with van der Waals surface area (Å²) in [7, 11) is 0. The molecule has 3 aromatic rings. The van der Waals surface area contributed by atoms with Crippen LogP contribution in [0.25, 0.3) is 16.9 Å². The van der Waals surface area contributed by atoms with Crippen molar-refractivity contribution in [1.82, 2.24) is 9.38 Å². The largest absolute Gasteiger partial charge is 0.398 e. The summed E-state index contributed by atoms with van der Waals surface area (Å²) in [5.74, 6) is 0.909. The minimum Gasteiger partial charge on any atom is -0.398 e. The lowest BCUT2D eigenvalue weighted by molar-refractivity contribution is 1.15. The number of pyridine rings is 1. The Morgan fingerprint density at radius 2 is 1.95 bits per heavy atom. The number of rotatable bonds is 1. The Bertz CT molecular complexity index is 774. The van der Waals surface area contributed by atoms with Crippen LogP contribution in [0.5, 0.6) is 0 Å². The van der Waals surface area contributed by atoms with E-state index in [0.29, 0.717) is 0 Å². The van der Waals surface area contributed by atoms with Crippen LogP contribution in [0.15, 0.2) is 41.1 Å². The third-order valence-corrected chi connectivity index (χ3v) is 3.82. The first-order valence-electron chi connectivity index (χ1n) is 6.07. The van der Waals surface area contributed by atoms with Crippen molar-refractivity contribution in [2.45, 2.75) is 13.8 Å². The Morgan fingerprint density at radius 1 is 1.16 bits per heavy atom. The summed E-state index contributed by atoms with van der Waals surface area (Å²) in [5.41, 5.74) is 11.2. The number of anilines is 1. The van der Waals surface area contributed by atoms with E-state index in [1.165, 1.54) is 11.1 Å². The number of aryl methyl sites for hydroxylation is 2. The van der Waals surface area contributed by atoms with Gasteiger partial charge in [0.2, 0.25) is 0 Å². The Labute approximate surface area is 120 Å². The number of fused-ring (bicyclic) bond motifs is 1. The van der Waals surface area contributed by atoms with Gasteiger partial charge >= 0.3 is 0 Å². The summed E-state index contributed by atoms with van der Waals surface area (Å²) >= 11 is 3.51. The zero-order valence-corrected chi connectivity index (χ0v) is 12.4. The number of benzene rings is 1. The predicted molar refractivity (Wildman–Crippen MR) is 82.2 cm³/mol. The van der Waals surface area contributed by atoms with Crippen molar-refractivity contribution < 1.29 is 0 Å². The predicted octanol–water partition coefficient (Wildman–Crippen LogP) is 3.96. The average Bonchev–Trinajstić information content (AvgIpc) is 2.66. The number of nitrogens with two attached hydrogens (primary N) is 1. The van der Waals surface area contributed by atoms with E-state index in [1.807, 2.05) is 22.7 Å². The quantitative estimate of drug-likeness (QED) is 0.738. The van der Waals surface area contributed by atoms with Crippen molar-refractivity contribution in [2.24, 2.45) is 0 Å². The van der Waals surface area contributed by atoms with E-state index in [4.69, 9.17) is 5.73 Å². The number of hydrogen-bond donors (Lipinski definition) is 1. The van der Waals surface area contributed by atoms with Crippen LogP contribution in [0, 0.1) is 13.8 Å². The standard InChI is InChI=1S/C15H14BrN3/c1-9-3-5-12(10(2)7-9)15-18-14(16)13-6-4-11(17)8-19(13)15/h3-8H,17H2,1-2H3. The van der Waals surface area contributed by atoms with Gasteiger partial charge in [-0.25, -0.2) is 4.98 Å². The average molecular weight is 316 g/mol. The van der Waals surface area contributed by atoms with Gasteiger partial charge in [-0.15, -0.1) is 0 Å². The van der Waals surface area contributed by atoms with E-state index in [0.717, 1.165) is 27.2 Å². The van der Waals surface area contributed by atoms with Crippen LogP contribution in [-0.4, -0.2) is 9.38 Å². The maximum Gasteiger partial charge on any atom is 0.146 e. The van der Waals surface area contributed by atoms with E-state index >= 15 is 0 Å². The highest BCUT2D eigenvalue weighted by Crippen LogP contribution is 2.29. The van der Waals surface area contributed by atoms with Gasteiger partial charge in [0.1, 0.15) is 10.4 Å². The summed E-state index contributed by atoms with van der Waals surface area (Å²) < 4.78 is 2.86. The fraction of sp³-hybridized carbons (Fsp3) is 0.133. The lowest BCUT2D eigenvalue weighted by Crippen LogP contribution is -1.94. The van der Waals surface area contributed by atoms with Gasteiger partial charge in [-0.3, -0.25) is 4.40 Å². The topological polar surface area (TPSA) is 43.3 Å². The van der Waals surface area contributed by atoms with E-state index in [1.54, 1.807) is 0 Å². The van der Waals surface area contributed by atoms with Crippen molar-refractivity contribution in [3.8, 4) is 11.4 Å². The minimum atomic E-state index is 0.725. The van der Waals surface area contributed by atoms with Crippen LogP contribution in [0.2, 0.25) is 0 Å². The Kier molecular flexibility index (Phi) is 2.82. The first-order chi connectivity index (χ1) is 9.06. The SMILES string of the molecule is Cc1ccc(-c2nc(Br)c3ccc(N)cn23)c(C)c1. The molecule has 0 amide bonds. The van der Waals surface area contributed by atoms with Gasteiger partial charge in [0, 0.05) is 17.4 Å². The number of imidazole rings is 1. The van der Waals surface area contributed by atoms with Gasteiger partial charge in [-0.05, 0) is 47.5 Å². The summed E-state index contributed by atoms with van der Waals surface area (Å²) in [6, 6.07) is 10.2. The summed E-state index contributed by atoms with van der Waals surface area (Å²) in [6.45, 7) is 4.19. The van der Waals surface area contributed by atoms with E-state index in [2.05, 4.69) is 53.0 Å². The molecule has 0 unspecified atom stereocenters. The molecular weight excluding hydrogens is 302 g/mol. The van der Waals surface area contributed by atoms with Crippen molar-refractivity contribution in [3.05, 3.63) is 52.3 Å². The van der Waals surface area contributed by atoms with Gasteiger partial charge in [0.25, 0.3) is 0 Å². The molecule has 96 valence electrons. The number of hydrogen-bond acceptors (Lipinski definition) is 2. The molecule has 0 saturated carbocycles. The highest BCUT2D eigenvalue weighted by Gasteiger charge is 2.12. The van der Waals surface area contributed by atoms with Gasteiger partial charge in [0.15, 0.2) is 0 Å². The minimum absolute atomic E-state index is 0.725. The first-order valence-corrected chi connectivity index (χ1v) is 6.86. The lowest BCUT2D eigenvalue weighted by atomic mass is 10.1. The third kappa shape index (κ3) is 2.02. The molecule has 0 radical (unpaired) electrons. The second-order valence-corrected chi connectivity index (χ2v) is 5.51. The zero-order valence-electron chi connectivity index (χ0n) is 10.8. The number of nitrogens with zero attached hydrogens (tertiary/aromatic N) is 2. The maximum absolute atomic E-state index is 5.88. The molecule has 0 saturated heterocycles. The van der Waals surface area contributed by atoms with Crippen LogP contribution in [-0.2, 0) is 0 Å². The highest BCUT2D eigenvalue weighted by atomic mass is 79.9. The monoisotopic (exact) mass is 315 g/mol. The smallest absolute Gasteiger partial charge is 0.146 e. The molecule has 0 spiro atoms. The molecule has 3 rings (SSSR count). The van der Waals surface area contributed by atoms with Crippen LogP contribution < -0.4 is 5.73 Å². The fourth-order valence-electron chi connectivity index (χ4n) is 2.32. The van der Waals surface area contributed by atoms with Crippen LogP contribution in [0.3, 0.4) is 0 Å². The summed E-state index contributed by atoms with van der Waals surface area (Å²) in [6.07, 6.45) is 1.90. The Balaban J connectivity index is 2.33. The summed E-state index contributed by atoms with van der Waals surface area (Å²) in [4.78, 5) is 4.62. The van der Waals surface area contributed by atoms with Crippen molar-refractivity contribution in [1.29, 1.82) is 0 Å². The summed E-state index contributed by atoms with van der Waals surface area (Å²) in [5, 5.41) is 0. The molecule has 4 heteroatoms. The number of nitrogen functional groups attached to an aromatic ring is 1. The molecule has 2 heterocycles. The van der Waals surface area contributed by atoms with Crippen LogP contribution in [0.1, 0.15) is 11.1 Å². The van der Waals surface area contributed by atoms with Crippen LogP contribution in [0.4, 0.5) is 5.69 Å². The Hall–Kier alpha value is -1.81. The third-order valence-electron chi connectivity index (χ3n) is 3.24. The zero-order chi connectivity index (χ0) is 13.6. The van der Waals surface area contributed by atoms with E-state index in [-0.39, 0.29) is 0 Å². The molecular formula is C15H14BrN3. The molecule has 0 aliphatic heterocycles. The molecule has 0 bridgehead atoms. The van der Waals surface area contributed by atoms with Crippen LogP contribution >= 0.6 is 15.9 Å². The highest BCUT2D eigenvalue weighted by molar-refractivity contribution is 9.10. The molecule has 3 nitrogen and oxygen atoms in total. The molecule has 1 aromatic carbocycles. The van der Waals surface area contributed by atoms with Gasteiger partial charge in [0.05, 0.1) is 5.52 Å². The molecule has 0 fully saturated rings. The first kappa shape index (κ1) is 12.2. The van der Waals surface area contributed by atoms with Gasteiger partial charge < -0.3 is 5.73 Å². The Morgan fingerprint density at radius 3 is 2.68 bits per heavy atom. The van der Waals surface area contributed by atoms with Gasteiger partial charge in [-0.2, -0.15) is 0 Å².